The number of carboxylic acid groups (broad SMARTS) is 1. The Morgan fingerprint density at radius 1 is 1.27 bits per heavy atom. The number of benzene rings is 1. The zero-order valence-corrected chi connectivity index (χ0v) is 17.9. The van der Waals surface area contributed by atoms with E-state index < -0.39 is 16.1 Å². The highest BCUT2D eigenvalue weighted by Gasteiger charge is 2.32. The first-order valence-electron chi connectivity index (χ1n) is 9.88. The molecule has 1 aliphatic carbocycles. The van der Waals surface area contributed by atoms with Crippen LogP contribution in [0, 0.1) is 11.3 Å². The highest BCUT2D eigenvalue weighted by Crippen LogP contribution is 2.40. The Bertz CT molecular complexity index is 1090. The maximum atomic E-state index is 13.1. The number of hydrogen-bond donors (Lipinski definition) is 2. The van der Waals surface area contributed by atoms with Crippen LogP contribution in [0.5, 0.6) is 0 Å². The number of hydrogen-bond acceptors (Lipinski definition) is 6. The van der Waals surface area contributed by atoms with E-state index in [4.69, 9.17) is 5.11 Å². The van der Waals surface area contributed by atoms with Gasteiger partial charge in [-0.3, -0.25) is 0 Å². The Morgan fingerprint density at radius 3 is 2.60 bits per heavy atom. The van der Waals surface area contributed by atoms with Crippen molar-refractivity contribution in [2.24, 2.45) is 0 Å². The normalized spacial score (nSPS) is 22.1. The van der Waals surface area contributed by atoms with Crippen LogP contribution >= 0.6 is 11.3 Å². The summed E-state index contributed by atoms with van der Waals surface area (Å²) in [7, 11) is -3.65. The van der Waals surface area contributed by atoms with E-state index in [1.807, 2.05) is 6.07 Å². The summed E-state index contributed by atoms with van der Waals surface area (Å²) in [4.78, 5) is 16.3. The van der Waals surface area contributed by atoms with Crippen molar-refractivity contribution in [3.63, 3.8) is 0 Å². The summed E-state index contributed by atoms with van der Waals surface area (Å²) in [5.41, 5.74) is 0.887. The number of thiazole rings is 1. The number of nitrogens with zero attached hydrogens (tertiary/aromatic N) is 3. The van der Waals surface area contributed by atoms with Crippen molar-refractivity contribution in [3.8, 4) is 16.5 Å². The van der Waals surface area contributed by atoms with Crippen LogP contribution in [0.15, 0.2) is 29.3 Å². The molecule has 4 rings (SSSR count). The minimum absolute atomic E-state index is 0.0232. The van der Waals surface area contributed by atoms with E-state index >= 15 is 0 Å². The third-order valence-electron chi connectivity index (χ3n) is 5.74. The topological polar surface area (TPSA) is 123 Å². The summed E-state index contributed by atoms with van der Waals surface area (Å²) < 4.78 is 27.5. The Morgan fingerprint density at radius 2 is 2.00 bits per heavy atom. The van der Waals surface area contributed by atoms with Crippen LogP contribution in [-0.2, 0) is 10.0 Å². The van der Waals surface area contributed by atoms with Gasteiger partial charge in [0.1, 0.15) is 0 Å². The molecule has 0 atom stereocenters. The minimum Gasteiger partial charge on any atom is -0.465 e. The second-order valence-electron chi connectivity index (χ2n) is 7.64. The molecule has 0 bridgehead atoms. The highest BCUT2D eigenvalue weighted by molar-refractivity contribution is 7.89. The number of rotatable bonds is 5. The molecule has 0 spiro atoms. The third kappa shape index (κ3) is 4.05. The van der Waals surface area contributed by atoms with Crippen molar-refractivity contribution in [2.45, 2.75) is 49.0 Å². The first kappa shape index (κ1) is 20.8. The SMILES string of the molecule is N#Cc1ccc(-c2cnc([C@H]3CC[C@H](NC(=O)O)CC3)s2)c(S(=O)(=O)N2CCC2)c1. The smallest absolute Gasteiger partial charge is 0.404 e. The molecule has 1 aromatic heterocycles. The summed E-state index contributed by atoms with van der Waals surface area (Å²) in [5.74, 6) is 0.240. The predicted octanol–water partition coefficient (Wildman–Crippen LogP) is 3.37. The van der Waals surface area contributed by atoms with Crippen LogP contribution in [0.25, 0.3) is 10.4 Å². The van der Waals surface area contributed by atoms with E-state index in [0.717, 1.165) is 42.0 Å². The molecule has 158 valence electrons. The molecule has 0 unspecified atom stereocenters. The molecule has 2 fully saturated rings. The van der Waals surface area contributed by atoms with Crippen LogP contribution in [0.3, 0.4) is 0 Å². The number of amides is 1. The fourth-order valence-electron chi connectivity index (χ4n) is 3.94. The third-order valence-corrected chi connectivity index (χ3v) is 8.87. The van der Waals surface area contributed by atoms with Crippen LogP contribution in [0.1, 0.15) is 48.6 Å². The average molecular weight is 447 g/mol. The van der Waals surface area contributed by atoms with Crippen molar-refractivity contribution >= 4 is 27.5 Å². The monoisotopic (exact) mass is 446 g/mol. The van der Waals surface area contributed by atoms with Crippen molar-refractivity contribution in [2.75, 3.05) is 13.1 Å². The van der Waals surface area contributed by atoms with Gasteiger partial charge in [-0.1, -0.05) is 6.07 Å². The van der Waals surface area contributed by atoms with E-state index in [1.165, 1.54) is 21.7 Å². The van der Waals surface area contributed by atoms with Gasteiger partial charge in [0, 0.05) is 36.8 Å². The molecule has 1 saturated carbocycles. The Balaban J connectivity index is 1.59. The highest BCUT2D eigenvalue weighted by atomic mass is 32.2. The first-order chi connectivity index (χ1) is 14.4. The van der Waals surface area contributed by atoms with Gasteiger partial charge in [-0.05, 0) is 44.2 Å². The van der Waals surface area contributed by atoms with Crippen molar-refractivity contribution in [1.82, 2.24) is 14.6 Å². The molecular weight excluding hydrogens is 424 g/mol. The van der Waals surface area contributed by atoms with Gasteiger partial charge in [0.25, 0.3) is 0 Å². The van der Waals surface area contributed by atoms with Crippen LogP contribution in [-0.4, -0.2) is 48.0 Å². The first-order valence-corrected chi connectivity index (χ1v) is 12.1. The number of carbonyl (C=O) groups is 1. The molecule has 2 N–H and O–H groups in total. The van der Waals surface area contributed by atoms with Gasteiger partial charge in [-0.2, -0.15) is 9.57 Å². The maximum absolute atomic E-state index is 13.1. The summed E-state index contributed by atoms with van der Waals surface area (Å²) in [6.07, 6.45) is 4.75. The lowest BCUT2D eigenvalue weighted by atomic mass is 9.86. The quantitative estimate of drug-likeness (QED) is 0.726. The fraction of sp³-hybridized carbons (Fsp3) is 0.450. The molecule has 2 aliphatic rings. The lowest BCUT2D eigenvalue weighted by molar-refractivity contribution is 0.185. The standard InChI is InChI=1S/C20H22N4O4S2/c21-11-13-2-7-16(18(10-13)30(27,28)24-8-1-9-24)17-12-22-19(29-17)14-3-5-15(6-4-14)23-20(25)26/h2,7,10,12,14-15,23H,1,3-6,8-9H2,(H,25,26)/t14-,15-. The Kier molecular flexibility index (Phi) is 5.77. The lowest BCUT2D eigenvalue weighted by Crippen LogP contribution is -2.42. The van der Waals surface area contributed by atoms with Gasteiger partial charge < -0.3 is 10.4 Å². The Hall–Kier alpha value is -2.48. The van der Waals surface area contributed by atoms with Gasteiger partial charge in [-0.15, -0.1) is 11.3 Å². The van der Waals surface area contributed by atoms with Gasteiger partial charge >= 0.3 is 6.09 Å². The molecule has 2 heterocycles. The molecule has 30 heavy (non-hydrogen) atoms. The molecular formula is C20H22N4O4S2. The van der Waals surface area contributed by atoms with E-state index in [0.29, 0.717) is 24.2 Å². The number of aromatic nitrogens is 1. The molecule has 1 saturated heterocycles. The van der Waals surface area contributed by atoms with E-state index in [1.54, 1.807) is 18.3 Å². The zero-order chi connectivity index (χ0) is 21.3. The summed E-state index contributed by atoms with van der Waals surface area (Å²) in [5, 5.41) is 21.6. The largest absolute Gasteiger partial charge is 0.465 e. The molecule has 1 aliphatic heterocycles. The van der Waals surface area contributed by atoms with Gasteiger partial charge in [0.15, 0.2) is 0 Å². The fourth-order valence-corrected chi connectivity index (χ4v) is 6.88. The number of nitriles is 1. The lowest BCUT2D eigenvalue weighted by Gasteiger charge is -2.30. The summed E-state index contributed by atoms with van der Waals surface area (Å²) in [6, 6.07) is 6.77. The average Bonchev–Trinajstić information content (AvgIpc) is 3.16. The zero-order valence-electron chi connectivity index (χ0n) is 16.2. The van der Waals surface area contributed by atoms with Gasteiger partial charge in [-0.25, -0.2) is 18.2 Å². The second kappa shape index (κ2) is 8.34. The van der Waals surface area contributed by atoms with E-state index in [9.17, 15) is 18.5 Å². The molecule has 0 radical (unpaired) electrons. The molecule has 10 heteroatoms. The van der Waals surface area contributed by atoms with Crippen LogP contribution in [0.4, 0.5) is 4.79 Å². The second-order valence-corrected chi connectivity index (χ2v) is 10.6. The minimum atomic E-state index is -3.65. The van der Waals surface area contributed by atoms with Crippen molar-refractivity contribution < 1.29 is 18.3 Å². The van der Waals surface area contributed by atoms with E-state index in [2.05, 4.69) is 10.3 Å². The van der Waals surface area contributed by atoms with Gasteiger partial charge in [0.2, 0.25) is 10.0 Å². The molecule has 1 aromatic carbocycles. The number of nitrogens with one attached hydrogen (secondary N) is 1. The number of sulfonamides is 1. The molecule has 1 amide bonds. The van der Waals surface area contributed by atoms with E-state index in [-0.39, 0.29) is 16.9 Å². The van der Waals surface area contributed by atoms with Crippen LogP contribution < -0.4 is 5.32 Å². The summed E-state index contributed by atoms with van der Waals surface area (Å²) >= 11 is 1.47. The maximum Gasteiger partial charge on any atom is 0.404 e. The predicted molar refractivity (Wildman–Crippen MR) is 112 cm³/mol. The van der Waals surface area contributed by atoms with Gasteiger partial charge in [0.05, 0.1) is 26.4 Å². The Labute approximate surface area is 179 Å². The van der Waals surface area contributed by atoms with Crippen molar-refractivity contribution in [1.29, 1.82) is 5.26 Å². The summed E-state index contributed by atoms with van der Waals surface area (Å²) in [6.45, 7) is 1.00. The van der Waals surface area contributed by atoms with Crippen LogP contribution in [0.2, 0.25) is 0 Å². The molecule has 8 nitrogen and oxygen atoms in total. The molecule has 2 aromatic rings. The van der Waals surface area contributed by atoms with Crippen molar-refractivity contribution in [3.05, 3.63) is 35.0 Å².